The van der Waals surface area contributed by atoms with Gasteiger partial charge < -0.3 is 10.1 Å². The smallest absolute Gasteiger partial charge is 0.0638 e. The molecule has 0 amide bonds. The molecule has 0 heterocycles. The normalized spacial score (nSPS) is 10.2. The van der Waals surface area contributed by atoms with Gasteiger partial charge in [-0.3, -0.25) is 0 Å². The van der Waals surface area contributed by atoms with Crippen LogP contribution in [0.2, 0.25) is 0 Å². The lowest BCUT2D eigenvalue weighted by molar-refractivity contribution is 0.158. The van der Waals surface area contributed by atoms with Crippen molar-refractivity contribution < 1.29 is 4.74 Å². The van der Waals surface area contributed by atoms with Gasteiger partial charge in [0, 0.05) is 23.3 Å². The fourth-order valence-corrected chi connectivity index (χ4v) is 1.86. The van der Waals surface area contributed by atoms with Gasteiger partial charge in [-0.1, -0.05) is 15.9 Å². The Hall–Kier alpha value is -0.540. The number of nitrogens with one attached hydrogen (secondary N) is 1. The molecule has 1 aromatic carbocycles. The van der Waals surface area contributed by atoms with Crippen LogP contribution in [0, 0.1) is 6.92 Å². The topological polar surface area (TPSA) is 21.3 Å². The number of aryl methyl sites for hydroxylation is 1. The molecular weight excluding hydrogens is 242 g/mol. The van der Waals surface area contributed by atoms with Gasteiger partial charge in [0.25, 0.3) is 0 Å². The molecular formula is C11H16BrNO. The molecule has 0 saturated heterocycles. The predicted molar refractivity (Wildman–Crippen MR) is 63.9 cm³/mol. The van der Waals surface area contributed by atoms with Gasteiger partial charge >= 0.3 is 0 Å². The highest BCUT2D eigenvalue weighted by atomic mass is 79.9. The molecule has 1 rings (SSSR count). The van der Waals surface area contributed by atoms with E-state index in [-0.39, 0.29) is 0 Å². The lowest BCUT2D eigenvalue weighted by Gasteiger charge is -2.07. The quantitative estimate of drug-likeness (QED) is 0.819. The van der Waals surface area contributed by atoms with E-state index in [1.165, 1.54) is 5.56 Å². The molecule has 0 aliphatic heterocycles. The number of hydrogen-bond donors (Lipinski definition) is 1. The third kappa shape index (κ3) is 4.11. The minimum Gasteiger partial charge on any atom is -0.383 e. The van der Waals surface area contributed by atoms with Gasteiger partial charge in [0.15, 0.2) is 0 Å². The van der Waals surface area contributed by atoms with Gasteiger partial charge in [0.05, 0.1) is 6.61 Å². The van der Waals surface area contributed by atoms with E-state index in [0.717, 1.165) is 29.9 Å². The van der Waals surface area contributed by atoms with E-state index in [4.69, 9.17) is 4.74 Å². The van der Waals surface area contributed by atoms with E-state index in [0.29, 0.717) is 0 Å². The van der Waals surface area contributed by atoms with Crippen LogP contribution >= 0.6 is 15.9 Å². The Kier molecular flexibility index (Phi) is 4.98. The molecule has 1 aromatic rings. The summed E-state index contributed by atoms with van der Waals surface area (Å²) in [5.74, 6) is 0. The highest BCUT2D eigenvalue weighted by molar-refractivity contribution is 9.10. The van der Waals surface area contributed by atoms with E-state index in [1.54, 1.807) is 0 Å². The van der Waals surface area contributed by atoms with Crippen LogP contribution in [-0.4, -0.2) is 19.8 Å². The Balaban J connectivity index is 2.42. The molecule has 1 N–H and O–H groups in total. The standard InChI is InChI=1S/C11H16BrNO/c1-3-14-5-4-13-11-7-9(2)6-10(12)8-11/h6-8,13H,3-5H2,1-2H3. The average Bonchev–Trinajstić information content (AvgIpc) is 2.11. The maximum atomic E-state index is 5.24. The van der Waals surface area contributed by atoms with Gasteiger partial charge in [-0.2, -0.15) is 0 Å². The zero-order valence-corrected chi connectivity index (χ0v) is 10.2. The first-order valence-corrected chi connectivity index (χ1v) is 5.60. The van der Waals surface area contributed by atoms with Crippen molar-refractivity contribution in [3.63, 3.8) is 0 Å². The van der Waals surface area contributed by atoms with Crippen LogP contribution in [0.3, 0.4) is 0 Å². The molecule has 0 atom stereocenters. The highest BCUT2D eigenvalue weighted by Crippen LogP contribution is 2.18. The summed E-state index contributed by atoms with van der Waals surface area (Å²) in [4.78, 5) is 0. The first-order chi connectivity index (χ1) is 6.72. The van der Waals surface area contributed by atoms with Crippen LogP contribution in [0.25, 0.3) is 0 Å². The minimum absolute atomic E-state index is 0.752. The van der Waals surface area contributed by atoms with Crippen LogP contribution < -0.4 is 5.32 Å². The Bertz CT molecular complexity index is 268. The fourth-order valence-electron chi connectivity index (χ4n) is 1.25. The first-order valence-electron chi connectivity index (χ1n) is 4.81. The average molecular weight is 258 g/mol. The molecule has 14 heavy (non-hydrogen) atoms. The molecule has 0 spiro atoms. The number of benzene rings is 1. The van der Waals surface area contributed by atoms with E-state index in [2.05, 4.69) is 46.4 Å². The summed E-state index contributed by atoms with van der Waals surface area (Å²) in [7, 11) is 0. The van der Waals surface area contributed by atoms with Gasteiger partial charge in [-0.05, 0) is 37.6 Å². The summed E-state index contributed by atoms with van der Waals surface area (Å²) in [5, 5.41) is 3.31. The predicted octanol–water partition coefficient (Wildman–Crippen LogP) is 3.21. The molecule has 0 fully saturated rings. The van der Waals surface area contributed by atoms with Crippen LogP contribution in [0.15, 0.2) is 22.7 Å². The van der Waals surface area contributed by atoms with Gasteiger partial charge in [0.1, 0.15) is 0 Å². The van der Waals surface area contributed by atoms with Crippen molar-refractivity contribution in [2.24, 2.45) is 0 Å². The van der Waals surface area contributed by atoms with Crippen molar-refractivity contribution in [1.82, 2.24) is 0 Å². The van der Waals surface area contributed by atoms with Crippen LogP contribution in [-0.2, 0) is 4.74 Å². The second-order valence-corrected chi connectivity index (χ2v) is 4.06. The van der Waals surface area contributed by atoms with E-state index >= 15 is 0 Å². The van der Waals surface area contributed by atoms with Crippen molar-refractivity contribution in [3.8, 4) is 0 Å². The summed E-state index contributed by atoms with van der Waals surface area (Å²) in [6.07, 6.45) is 0. The summed E-state index contributed by atoms with van der Waals surface area (Å²) in [6, 6.07) is 6.28. The third-order valence-electron chi connectivity index (χ3n) is 1.82. The molecule has 0 aliphatic carbocycles. The van der Waals surface area contributed by atoms with Gasteiger partial charge in [0.2, 0.25) is 0 Å². The number of hydrogen-bond acceptors (Lipinski definition) is 2. The molecule has 0 unspecified atom stereocenters. The van der Waals surface area contributed by atoms with Crippen molar-refractivity contribution >= 4 is 21.6 Å². The SMILES string of the molecule is CCOCCNc1cc(C)cc(Br)c1. The minimum atomic E-state index is 0.752. The molecule has 0 saturated carbocycles. The molecule has 0 aromatic heterocycles. The first kappa shape index (κ1) is 11.5. The van der Waals surface area contributed by atoms with Gasteiger partial charge in [-0.25, -0.2) is 0 Å². The van der Waals surface area contributed by atoms with E-state index < -0.39 is 0 Å². The van der Waals surface area contributed by atoms with Crippen molar-refractivity contribution in [3.05, 3.63) is 28.2 Å². The lowest BCUT2D eigenvalue weighted by atomic mass is 10.2. The fraction of sp³-hybridized carbons (Fsp3) is 0.455. The summed E-state index contributed by atoms with van der Waals surface area (Å²) in [5.41, 5.74) is 2.38. The third-order valence-corrected chi connectivity index (χ3v) is 2.28. The number of ether oxygens (including phenoxy) is 1. The van der Waals surface area contributed by atoms with Gasteiger partial charge in [-0.15, -0.1) is 0 Å². The second kappa shape index (κ2) is 6.04. The van der Waals surface area contributed by atoms with E-state index in [9.17, 15) is 0 Å². The molecule has 78 valence electrons. The molecule has 0 aliphatic rings. The summed E-state index contributed by atoms with van der Waals surface area (Å²) in [6.45, 7) is 6.47. The summed E-state index contributed by atoms with van der Waals surface area (Å²) >= 11 is 3.46. The number of anilines is 1. The molecule has 0 bridgehead atoms. The van der Waals surface area contributed by atoms with Crippen molar-refractivity contribution in [2.45, 2.75) is 13.8 Å². The van der Waals surface area contributed by atoms with Crippen molar-refractivity contribution in [2.75, 3.05) is 25.1 Å². The zero-order chi connectivity index (χ0) is 10.4. The molecule has 0 radical (unpaired) electrons. The Morgan fingerprint density at radius 3 is 2.79 bits per heavy atom. The Morgan fingerprint density at radius 1 is 1.36 bits per heavy atom. The zero-order valence-electron chi connectivity index (χ0n) is 8.64. The molecule has 2 nitrogen and oxygen atoms in total. The number of rotatable bonds is 5. The van der Waals surface area contributed by atoms with Crippen LogP contribution in [0.4, 0.5) is 5.69 Å². The maximum Gasteiger partial charge on any atom is 0.0638 e. The Morgan fingerprint density at radius 2 is 2.14 bits per heavy atom. The number of halogens is 1. The summed E-state index contributed by atoms with van der Waals surface area (Å²) < 4.78 is 6.35. The second-order valence-electron chi connectivity index (χ2n) is 3.14. The van der Waals surface area contributed by atoms with E-state index in [1.807, 2.05) is 6.92 Å². The monoisotopic (exact) mass is 257 g/mol. The van der Waals surface area contributed by atoms with Crippen molar-refractivity contribution in [1.29, 1.82) is 0 Å². The largest absolute Gasteiger partial charge is 0.383 e. The van der Waals surface area contributed by atoms with Crippen LogP contribution in [0.1, 0.15) is 12.5 Å². The maximum absolute atomic E-state index is 5.24. The Labute approximate surface area is 93.8 Å². The molecule has 3 heteroatoms. The lowest BCUT2D eigenvalue weighted by Crippen LogP contribution is -2.09. The van der Waals surface area contributed by atoms with Crippen LogP contribution in [0.5, 0.6) is 0 Å². The highest BCUT2D eigenvalue weighted by Gasteiger charge is 1.95.